The summed E-state index contributed by atoms with van der Waals surface area (Å²) in [6, 6.07) is 15.0. The lowest BCUT2D eigenvalue weighted by Gasteiger charge is -2.20. The molecule has 0 saturated carbocycles. The van der Waals surface area contributed by atoms with E-state index in [1.807, 2.05) is 26.0 Å². The summed E-state index contributed by atoms with van der Waals surface area (Å²) in [5.74, 6) is 0.264. The van der Waals surface area contributed by atoms with E-state index >= 15 is 0 Å². The van der Waals surface area contributed by atoms with E-state index in [0.717, 1.165) is 5.56 Å². The van der Waals surface area contributed by atoms with Crippen LogP contribution >= 0.6 is 0 Å². The number of halogens is 5. The van der Waals surface area contributed by atoms with Gasteiger partial charge in [-0.3, -0.25) is 4.79 Å². The molecule has 0 radical (unpaired) electrons. The van der Waals surface area contributed by atoms with Crippen molar-refractivity contribution in [2.45, 2.75) is 38.8 Å². The molecule has 0 N–H and O–H groups in total. The van der Waals surface area contributed by atoms with Gasteiger partial charge in [-0.05, 0) is 33.7 Å². The molecule has 0 saturated heterocycles. The summed E-state index contributed by atoms with van der Waals surface area (Å²) in [7, 11) is 0. The van der Waals surface area contributed by atoms with Crippen LogP contribution in [0.15, 0.2) is 54.6 Å². The summed E-state index contributed by atoms with van der Waals surface area (Å²) < 4.78 is 68.5. The molecule has 1 aromatic heterocycles. The first-order valence-electron chi connectivity index (χ1n) is 9.65. The minimum Gasteiger partial charge on any atom is -0.298 e. The molecule has 0 spiro atoms. The van der Waals surface area contributed by atoms with Gasteiger partial charge in [-0.1, -0.05) is 68.4 Å². The van der Waals surface area contributed by atoms with Crippen LogP contribution in [0.1, 0.15) is 64.6 Å². The van der Waals surface area contributed by atoms with Gasteiger partial charge in [0.1, 0.15) is 5.69 Å². The molecule has 0 atom stereocenters. The number of carbonyl (C=O) groups is 1. The smallest absolute Gasteiger partial charge is 0.298 e. The number of aromatic nitrogens is 1. The Morgan fingerprint density at radius 3 is 2.06 bits per heavy atom. The lowest BCUT2D eigenvalue weighted by molar-refractivity contribution is -0.141. The van der Waals surface area contributed by atoms with E-state index in [2.05, 4.69) is 4.98 Å². The van der Waals surface area contributed by atoms with Gasteiger partial charge in [-0.2, -0.15) is 13.2 Å². The number of carbonyl (C=O) groups excluding carboxylic acids is 1. The maximum absolute atomic E-state index is 13.9. The van der Waals surface area contributed by atoms with E-state index in [4.69, 9.17) is 0 Å². The number of benzene rings is 2. The topological polar surface area (TPSA) is 30.0 Å². The van der Waals surface area contributed by atoms with E-state index in [0.29, 0.717) is 5.56 Å². The second-order valence-electron chi connectivity index (χ2n) is 7.47. The largest absolute Gasteiger partial charge is 0.434 e. The van der Waals surface area contributed by atoms with Crippen molar-refractivity contribution in [1.29, 1.82) is 0 Å². The van der Waals surface area contributed by atoms with Crippen molar-refractivity contribution >= 4 is 6.29 Å². The average Bonchev–Trinajstić information content (AvgIpc) is 2.73. The Kier molecular flexibility index (Phi) is 6.53. The molecule has 2 aromatic carbocycles. The van der Waals surface area contributed by atoms with Crippen LogP contribution in [-0.2, 0) is 12.6 Å². The number of rotatable bonds is 6. The Balaban J connectivity index is 2.30. The normalized spacial score (nSPS) is 11.9. The molecule has 31 heavy (non-hydrogen) atoms. The maximum Gasteiger partial charge on any atom is 0.434 e. The Bertz CT molecular complexity index is 1060. The summed E-state index contributed by atoms with van der Waals surface area (Å²) in [5, 5.41) is 0. The average molecular weight is 433 g/mol. The first kappa shape index (κ1) is 22.6. The highest BCUT2D eigenvalue weighted by molar-refractivity contribution is 5.91. The SMILES string of the molecule is CC(C)c1ccc(Cc2c(C(F)F)nc(C(F)(F)F)c(C=O)c2-c2ccccc2)cc1. The third-order valence-electron chi connectivity index (χ3n) is 5.05. The van der Waals surface area contributed by atoms with Gasteiger partial charge in [0.05, 0.1) is 5.56 Å². The first-order valence-corrected chi connectivity index (χ1v) is 9.65. The van der Waals surface area contributed by atoms with Crippen LogP contribution in [-0.4, -0.2) is 11.3 Å². The molecule has 0 unspecified atom stereocenters. The second kappa shape index (κ2) is 8.96. The van der Waals surface area contributed by atoms with E-state index in [1.165, 1.54) is 12.1 Å². The zero-order valence-electron chi connectivity index (χ0n) is 16.9. The van der Waals surface area contributed by atoms with Crippen LogP contribution in [0.2, 0.25) is 0 Å². The summed E-state index contributed by atoms with van der Waals surface area (Å²) in [6.07, 6.45) is -8.34. The first-order chi connectivity index (χ1) is 14.6. The van der Waals surface area contributed by atoms with Crippen molar-refractivity contribution in [2.75, 3.05) is 0 Å². The van der Waals surface area contributed by atoms with Gasteiger partial charge in [0.2, 0.25) is 0 Å². The van der Waals surface area contributed by atoms with Crippen LogP contribution < -0.4 is 0 Å². The minimum atomic E-state index is -5.05. The van der Waals surface area contributed by atoms with Crippen LogP contribution in [0.3, 0.4) is 0 Å². The number of nitrogens with zero attached hydrogens (tertiary/aromatic N) is 1. The lowest BCUT2D eigenvalue weighted by atomic mass is 9.88. The highest BCUT2D eigenvalue weighted by Gasteiger charge is 2.39. The quantitative estimate of drug-likeness (QED) is 0.303. The second-order valence-corrected chi connectivity index (χ2v) is 7.47. The fourth-order valence-electron chi connectivity index (χ4n) is 3.51. The number of pyridine rings is 1. The fraction of sp³-hybridized carbons (Fsp3) is 0.250. The zero-order chi connectivity index (χ0) is 22.8. The molecule has 162 valence electrons. The van der Waals surface area contributed by atoms with Crippen molar-refractivity contribution in [2.24, 2.45) is 0 Å². The molecule has 0 bridgehead atoms. The molecule has 0 amide bonds. The van der Waals surface area contributed by atoms with Gasteiger partial charge in [-0.15, -0.1) is 0 Å². The zero-order valence-corrected chi connectivity index (χ0v) is 16.9. The van der Waals surface area contributed by atoms with E-state index in [1.54, 1.807) is 30.3 Å². The third kappa shape index (κ3) is 4.81. The predicted molar refractivity (Wildman–Crippen MR) is 108 cm³/mol. The molecule has 7 heteroatoms. The number of alkyl halides is 5. The molecule has 0 fully saturated rings. The minimum absolute atomic E-state index is 0.0404. The number of hydrogen-bond donors (Lipinski definition) is 0. The van der Waals surface area contributed by atoms with Crippen LogP contribution in [0.25, 0.3) is 11.1 Å². The van der Waals surface area contributed by atoms with Crippen molar-refractivity contribution in [3.05, 3.63) is 88.2 Å². The molecule has 3 aromatic rings. The molecular formula is C24H20F5NO. The van der Waals surface area contributed by atoms with E-state index in [-0.39, 0.29) is 35.3 Å². The lowest BCUT2D eigenvalue weighted by Crippen LogP contribution is -2.17. The van der Waals surface area contributed by atoms with Gasteiger partial charge in [0.25, 0.3) is 6.43 Å². The van der Waals surface area contributed by atoms with Crippen LogP contribution in [0, 0.1) is 0 Å². The van der Waals surface area contributed by atoms with Crippen molar-refractivity contribution in [1.82, 2.24) is 4.98 Å². The summed E-state index contributed by atoms with van der Waals surface area (Å²) >= 11 is 0. The highest BCUT2D eigenvalue weighted by Crippen LogP contribution is 2.40. The Morgan fingerprint density at radius 2 is 1.58 bits per heavy atom. The van der Waals surface area contributed by atoms with Gasteiger partial charge >= 0.3 is 6.18 Å². The van der Waals surface area contributed by atoms with Gasteiger partial charge in [-0.25, -0.2) is 13.8 Å². The maximum atomic E-state index is 13.9. The van der Waals surface area contributed by atoms with E-state index in [9.17, 15) is 26.7 Å². The van der Waals surface area contributed by atoms with Crippen LogP contribution in [0.5, 0.6) is 0 Å². The van der Waals surface area contributed by atoms with Crippen LogP contribution in [0.4, 0.5) is 22.0 Å². The van der Waals surface area contributed by atoms with Gasteiger partial charge in [0, 0.05) is 6.42 Å². The summed E-state index contributed by atoms with van der Waals surface area (Å²) in [5.41, 5.74) is -1.65. The van der Waals surface area contributed by atoms with Crippen molar-refractivity contribution < 1.29 is 26.7 Å². The molecule has 3 rings (SSSR count). The number of hydrogen-bond acceptors (Lipinski definition) is 2. The Morgan fingerprint density at radius 1 is 0.968 bits per heavy atom. The van der Waals surface area contributed by atoms with Crippen molar-refractivity contribution in [3.8, 4) is 11.1 Å². The standard InChI is InChI=1S/C24H20F5NO/c1-14(2)16-10-8-15(9-11-16)12-18-20(17-6-4-3-5-7-17)19(13-31)22(24(27,28)29)30-21(18)23(25)26/h3-11,13-14,23H,12H2,1-2H3. The monoisotopic (exact) mass is 433 g/mol. The summed E-state index contributed by atoms with van der Waals surface area (Å²) in [6.45, 7) is 4.01. The predicted octanol–water partition coefficient (Wildman–Crippen LogP) is 7.23. The fourth-order valence-corrected chi connectivity index (χ4v) is 3.51. The number of aldehydes is 1. The van der Waals surface area contributed by atoms with Gasteiger partial charge in [0.15, 0.2) is 12.0 Å². The summed E-state index contributed by atoms with van der Waals surface area (Å²) in [4.78, 5) is 15.0. The Labute approximate surface area is 176 Å². The molecule has 0 aliphatic heterocycles. The van der Waals surface area contributed by atoms with E-state index < -0.39 is 29.6 Å². The Hall–Kier alpha value is -3.09. The molecule has 2 nitrogen and oxygen atoms in total. The highest BCUT2D eigenvalue weighted by atomic mass is 19.4. The molecule has 1 heterocycles. The van der Waals surface area contributed by atoms with Gasteiger partial charge < -0.3 is 0 Å². The molecule has 0 aliphatic carbocycles. The molecular weight excluding hydrogens is 413 g/mol. The molecule has 0 aliphatic rings. The van der Waals surface area contributed by atoms with Crippen molar-refractivity contribution in [3.63, 3.8) is 0 Å². The third-order valence-corrected chi connectivity index (χ3v) is 5.05.